The van der Waals surface area contributed by atoms with Crippen LogP contribution in [0.3, 0.4) is 0 Å². The Morgan fingerprint density at radius 3 is 2.45 bits per heavy atom. The fraction of sp³-hybridized carbons (Fsp3) is 0.562. The summed E-state index contributed by atoms with van der Waals surface area (Å²) in [5.74, 6) is 0. The van der Waals surface area contributed by atoms with E-state index in [-0.39, 0.29) is 12.1 Å². The first-order chi connectivity index (χ1) is 10.6. The molecule has 6 heteroatoms. The minimum Gasteiger partial charge on any atom is -0.384 e. The number of morpholine rings is 1. The molecule has 0 aliphatic carbocycles. The number of benzene rings is 1. The van der Waals surface area contributed by atoms with Gasteiger partial charge in [-0.2, -0.15) is 0 Å². The summed E-state index contributed by atoms with van der Waals surface area (Å²) in [4.78, 5) is 14.0. The van der Waals surface area contributed by atoms with Gasteiger partial charge in [0.2, 0.25) is 0 Å². The Kier molecular flexibility index (Phi) is 6.48. The number of anilines is 2. The van der Waals surface area contributed by atoms with E-state index in [1.54, 1.807) is 0 Å². The van der Waals surface area contributed by atoms with E-state index in [4.69, 9.17) is 4.74 Å². The predicted molar refractivity (Wildman–Crippen MR) is 89.5 cm³/mol. The molecule has 3 N–H and O–H groups in total. The third kappa shape index (κ3) is 5.91. The third-order valence-corrected chi connectivity index (χ3v) is 3.42. The molecule has 1 aromatic carbocycles. The van der Waals surface area contributed by atoms with Gasteiger partial charge >= 0.3 is 6.03 Å². The Morgan fingerprint density at radius 1 is 1.18 bits per heavy atom. The molecule has 1 saturated heterocycles. The van der Waals surface area contributed by atoms with E-state index in [0.29, 0.717) is 0 Å². The summed E-state index contributed by atoms with van der Waals surface area (Å²) in [6.45, 7) is 9.46. The average molecular weight is 306 g/mol. The van der Waals surface area contributed by atoms with E-state index in [1.807, 2.05) is 38.1 Å². The third-order valence-electron chi connectivity index (χ3n) is 3.42. The summed E-state index contributed by atoms with van der Waals surface area (Å²) in [5, 5.41) is 9.00. The van der Waals surface area contributed by atoms with Gasteiger partial charge in [0, 0.05) is 43.6 Å². The molecule has 122 valence electrons. The van der Waals surface area contributed by atoms with Gasteiger partial charge in [-0.15, -0.1) is 0 Å². The molecule has 0 unspecified atom stereocenters. The number of hydrogen-bond donors (Lipinski definition) is 3. The lowest BCUT2D eigenvalue weighted by molar-refractivity contribution is 0.0398. The normalized spacial score (nSPS) is 15.6. The number of nitrogens with zero attached hydrogens (tertiary/aromatic N) is 1. The molecule has 2 amide bonds. The summed E-state index contributed by atoms with van der Waals surface area (Å²) in [5.41, 5.74) is 1.85. The lowest BCUT2D eigenvalue weighted by Gasteiger charge is -2.26. The van der Waals surface area contributed by atoms with Gasteiger partial charge in [0.05, 0.1) is 13.2 Å². The van der Waals surface area contributed by atoms with E-state index >= 15 is 0 Å². The topological polar surface area (TPSA) is 65.6 Å². The maximum absolute atomic E-state index is 11.6. The molecule has 0 radical (unpaired) electrons. The molecular weight excluding hydrogens is 280 g/mol. The second-order valence-corrected chi connectivity index (χ2v) is 5.71. The van der Waals surface area contributed by atoms with Crippen LogP contribution in [0.25, 0.3) is 0 Å². The molecule has 1 aliphatic rings. The predicted octanol–water partition coefficient (Wildman–Crippen LogP) is 1.96. The minimum absolute atomic E-state index is 0.126. The van der Waals surface area contributed by atoms with Crippen LogP contribution < -0.4 is 16.0 Å². The summed E-state index contributed by atoms with van der Waals surface area (Å²) in [7, 11) is 0. The molecule has 0 spiro atoms. The Labute approximate surface area is 132 Å². The molecule has 0 aromatic heterocycles. The molecule has 1 aromatic rings. The van der Waals surface area contributed by atoms with Crippen molar-refractivity contribution in [1.29, 1.82) is 0 Å². The van der Waals surface area contributed by atoms with Gasteiger partial charge in [-0.05, 0) is 38.1 Å². The molecule has 0 atom stereocenters. The molecule has 1 aliphatic heterocycles. The van der Waals surface area contributed by atoms with Crippen molar-refractivity contribution in [2.24, 2.45) is 0 Å². The maximum Gasteiger partial charge on any atom is 0.319 e. The zero-order valence-corrected chi connectivity index (χ0v) is 13.4. The lowest BCUT2D eigenvalue weighted by atomic mass is 10.2. The van der Waals surface area contributed by atoms with E-state index in [9.17, 15) is 4.79 Å². The first-order valence-electron chi connectivity index (χ1n) is 7.85. The number of urea groups is 1. The molecule has 2 rings (SSSR count). The van der Waals surface area contributed by atoms with Crippen LogP contribution in [0.15, 0.2) is 24.3 Å². The average Bonchev–Trinajstić information content (AvgIpc) is 2.49. The molecule has 0 saturated carbocycles. The maximum atomic E-state index is 11.6. The van der Waals surface area contributed by atoms with Gasteiger partial charge in [-0.1, -0.05) is 0 Å². The highest BCUT2D eigenvalue weighted by Gasteiger charge is 2.09. The zero-order valence-electron chi connectivity index (χ0n) is 13.4. The van der Waals surface area contributed by atoms with Crippen LogP contribution in [0, 0.1) is 0 Å². The number of carbonyl (C=O) groups excluding carboxylic acids is 1. The van der Waals surface area contributed by atoms with E-state index in [0.717, 1.165) is 50.8 Å². The highest BCUT2D eigenvalue weighted by Crippen LogP contribution is 2.13. The van der Waals surface area contributed by atoms with Crippen LogP contribution in [0.5, 0.6) is 0 Å². The lowest BCUT2D eigenvalue weighted by Crippen LogP contribution is -2.39. The number of carbonyl (C=O) groups is 1. The number of rotatable bonds is 6. The summed E-state index contributed by atoms with van der Waals surface area (Å²) < 4.78 is 5.33. The van der Waals surface area contributed by atoms with Crippen molar-refractivity contribution in [3.8, 4) is 0 Å². The summed E-state index contributed by atoms with van der Waals surface area (Å²) in [6.07, 6.45) is 0. The summed E-state index contributed by atoms with van der Waals surface area (Å²) >= 11 is 0. The van der Waals surface area contributed by atoms with Crippen molar-refractivity contribution in [2.45, 2.75) is 19.9 Å². The van der Waals surface area contributed by atoms with E-state index < -0.39 is 0 Å². The van der Waals surface area contributed by atoms with E-state index in [2.05, 4.69) is 20.9 Å². The second-order valence-electron chi connectivity index (χ2n) is 5.71. The Bertz CT molecular complexity index is 456. The van der Waals surface area contributed by atoms with Gasteiger partial charge in [-0.3, -0.25) is 4.90 Å². The van der Waals surface area contributed by atoms with Gasteiger partial charge in [0.15, 0.2) is 0 Å². The van der Waals surface area contributed by atoms with Crippen molar-refractivity contribution in [2.75, 3.05) is 50.0 Å². The number of hydrogen-bond acceptors (Lipinski definition) is 4. The zero-order chi connectivity index (χ0) is 15.8. The largest absolute Gasteiger partial charge is 0.384 e. The Hall–Kier alpha value is -1.79. The highest BCUT2D eigenvalue weighted by molar-refractivity contribution is 5.89. The molecule has 1 heterocycles. The SMILES string of the molecule is CC(C)NC(=O)Nc1ccc(NCCN2CCOCC2)cc1. The van der Waals surface area contributed by atoms with Gasteiger partial charge < -0.3 is 20.7 Å². The first kappa shape index (κ1) is 16.6. The first-order valence-corrected chi connectivity index (χ1v) is 7.85. The van der Waals surface area contributed by atoms with Gasteiger partial charge in [0.25, 0.3) is 0 Å². The minimum atomic E-state index is -0.178. The van der Waals surface area contributed by atoms with Crippen LogP contribution >= 0.6 is 0 Å². The Morgan fingerprint density at radius 2 is 1.82 bits per heavy atom. The number of amides is 2. The van der Waals surface area contributed by atoms with Crippen LogP contribution in [0.4, 0.5) is 16.2 Å². The number of nitrogens with one attached hydrogen (secondary N) is 3. The fourth-order valence-electron chi connectivity index (χ4n) is 2.28. The van der Waals surface area contributed by atoms with Crippen molar-refractivity contribution in [1.82, 2.24) is 10.2 Å². The van der Waals surface area contributed by atoms with Crippen molar-refractivity contribution in [3.05, 3.63) is 24.3 Å². The standard InChI is InChI=1S/C16H26N4O2/c1-13(2)18-16(21)19-15-5-3-14(4-6-15)17-7-8-20-9-11-22-12-10-20/h3-6,13,17H,7-12H2,1-2H3,(H2,18,19,21). The second kappa shape index (κ2) is 8.60. The smallest absolute Gasteiger partial charge is 0.319 e. The van der Waals surface area contributed by atoms with Crippen LogP contribution in [-0.4, -0.2) is 56.4 Å². The van der Waals surface area contributed by atoms with Crippen LogP contribution in [0.2, 0.25) is 0 Å². The van der Waals surface area contributed by atoms with Gasteiger partial charge in [-0.25, -0.2) is 4.79 Å². The highest BCUT2D eigenvalue weighted by atomic mass is 16.5. The fourth-order valence-corrected chi connectivity index (χ4v) is 2.28. The van der Waals surface area contributed by atoms with Crippen LogP contribution in [0.1, 0.15) is 13.8 Å². The molecular formula is C16H26N4O2. The van der Waals surface area contributed by atoms with Crippen molar-refractivity contribution in [3.63, 3.8) is 0 Å². The molecule has 0 bridgehead atoms. The van der Waals surface area contributed by atoms with Crippen molar-refractivity contribution >= 4 is 17.4 Å². The molecule has 22 heavy (non-hydrogen) atoms. The van der Waals surface area contributed by atoms with Crippen LogP contribution in [-0.2, 0) is 4.74 Å². The molecule has 1 fully saturated rings. The quantitative estimate of drug-likeness (QED) is 0.752. The number of ether oxygens (including phenoxy) is 1. The van der Waals surface area contributed by atoms with E-state index in [1.165, 1.54) is 0 Å². The van der Waals surface area contributed by atoms with Crippen molar-refractivity contribution < 1.29 is 9.53 Å². The molecule has 6 nitrogen and oxygen atoms in total. The Balaban J connectivity index is 1.70. The van der Waals surface area contributed by atoms with Gasteiger partial charge in [0.1, 0.15) is 0 Å². The monoisotopic (exact) mass is 306 g/mol. The summed E-state index contributed by atoms with van der Waals surface area (Å²) in [6, 6.07) is 7.70.